The molecule has 0 aliphatic rings. The monoisotopic (exact) mass is 324 g/mol. The second-order valence-corrected chi connectivity index (χ2v) is 4.95. The number of rotatable bonds is 3. The fourth-order valence-electron chi connectivity index (χ4n) is 1.61. The number of aliphatic hydroxyl groups is 1. The van der Waals surface area contributed by atoms with Crippen molar-refractivity contribution in [2.75, 3.05) is 6.61 Å². The maximum atomic E-state index is 13.9. The first-order valence-electron chi connectivity index (χ1n) is 6.06. The van der Waals surface area contributed by atoms with E-state index in [0.717, 1.165) is 0 Å². The van der Waals surface area contributed by atoms with Crippen LogP contribution in [0.1, 0.15) is 11.1 Å². The van der Waals surface area contributed by atoms with Crippen LogP contribution in [-0.4, -0.2) is 11.7 Å². The molecule has 0 bridgehead atoms. The lowest BCUT2D eigenvalue weighted by atomic mass is 10.1. The summed E-state index contributed by atoms with van der Waals surface area (Å²) < 4.78 is 19.3. The molecule has 0 heterocycles. The van der Waals surface area contributed by atoms with Crippen molar-refractivity contribution in [1.82, 2.24) is 0 Å². The number of aliphatic hydroxyl groups excluding tert-OH is 1. The number of hydrogen-bond donors (Lipinski definition) is 1. The van der Waals surface area contributed by atoms with Crippen LogP contribution in [-0.2, 0) is 6.61 Å². The maximum absolute atomic E-state index is 13.9. The molecule has 5 heteroatoms. The minimum atomic E-state index is -0.417. The first-order chi connectivity index (χ1) is 10.1. The molecule has 21 heavy (non-hydrogen) atoms. The Balaban J connectivity index is 2.07. The van der Waals surface area contributed by atoms with E-state index in [9.17, 15) is 4.39 Å². The van der Waals surface area contributed by atoms with Gasteiger partial charge >= 0.3 is 0 Å². The van der Waals surface area contributed by atoms with Crippen molar-refractivity contribution < 1.29 is 14.2 Å². The second-order valence-electron chi connectivity index (χ2n) is 4.13. The molecule has 2 nitrogen and oxygen atoms in total. The molecule has 0 radical (unpaired) electrons. The van der Waals surface area contributed by atoms with E-state index in [4.69, 9.17) is 33.0 Å². The van der Waals surface area contributed by atoms with Crippen molar-refractivity contribution in [1.29, 1.82) is 0 Å². The minimum absolute atomic E-state index is 0.0670. The highest BCUT2D eigenvalue weighted by molar-refractivity contribution is 6.42. The van der Waals surface area contributed by atoms with E-state index in [0.29, 0.717) is 26.9 Å². The van der Waals surface area contributed by atoms with Crippen molar-refractivity contribution in [2.45, 2.75) is 6.61 Å². The van der Waals surface area contributed by atoms with E-state index in [1.165, 1.54) is 6.07 Å². The molecule has 0 fully saturated rings. The van der Waals surface area contributed by atoms with Gasteiger partial charge in [0.1, 0.15) is 24.8 Å². The van der Waals surface area contributed by atoms with Crippen LogP contribution in [0.25, 0.3) is 0 Å². The van der Waals surface area contributed by atoms with Crippen LogP contribution in [0.4, 0.5) is 4.39 Å². The standard InChI is InChI=1S/C16H11Cl2FO2/c17-14-6-5-13(9-15(14)18)21-10-12-4-3-11(2-1-7-20)8-16(12)19/h3-6,8-9,20H,7,10H2. The Morgan fingerprint density at radius 3 is 2.57 bits per heavy atom. The van der Waals surface area contributed by atoms with Gasteiger partial charge in [-0.25, -0.2) is 4.39 Å². The van der Waals surface area contributed by atoms with Gasteiger partial charge in [-0.15, -0.1) is 0 Å². The van der Waals surface area contributed by atoms with Gasteiger partial charge in [0.05, 0.1) is 10.0 Å². The molecule has 0 saturated carbocycles. The Bertz CT molecular complexity index is 705. The lowest BCUT2D eigenvalue weighted by Crippen LogP contribution is -1.99. The fraction of sp³-hybridized carbons (Fsp3) is 0.125. The van der Waals surface area contributed by atoms with E-state index < -0.39 is 5.82 Å². The molecule has 0 aliphatic heterocycles. The van der Waals surface area contributed by atoms with Crippen LogP contribution in [0.3, 0.4) is 0 Å². The van der Waals surface area contributed by atoms with Crippen molar-refractivity contribution in [3.8, 4) is 17.6 Å². The number of hydrogen-bond acceptors (Lipinski definition) is 2. The molecule has 0 aromatic heterocycles. The van der Waals surface area contributed by atoms with Crippen molar-refractivity contribution in [3.05, 3.63) is 63.4 Å². The van der Waals surface area contributed by atoms with Crippen molar-refractivity contribution in [3.63, 3.8) is 0 Å². The molecular formula is C16H11Cl2FO2. The summed E-state index contributed by atoms with van der Waals surface area (Å²) in [5.41, 5.74) is 0.899. The Hall–Kier alpha value is -1.73. The summed E-state index contributed by atoms with van der Waals surface area (Å²) >= 11 is 11.7. The summed E-state index contributed by atoms with van der Waals surface area (Å²) in [6, 6.07) is 9.41. The van der Waals surface area contributed by atoms with Gasteiger partial charge in [0.2, 0.25) is 0 Å². The zero-order chi connectivity index (χ0) is 15.2. The van der Waals surface area contributed by atoms with Gasteiger partial charge in [0.25, 0.3) is 0 Å². The molecule has 0 atom stereocenters. The van der Waals surface area contributed by atoms with E-state index in [2.05, 4.69) is 11.8 Å². The van der Waals surface area contributed by atoms with Gasteiger partial charge < -0.3 is 9.84 Å². The first-order valence-corrected chi connectivity index (χ1v) is 6.82. The van der Waals surface area contributed by atoms with Gasteiger partial charge in [0.15, 0.2) is 0 Å². The summed E-state index contributed by atoms with van der Waals surface area (Å²) in [5, 5.41) is 9.41. The predicted molar refractivity (Wildman–Crippen MR) is 81.2 cm³/mol. The molecule has 2 aromatic rings. The molecule has 0 amide bonds. The molecule has 0 aliphatic carbocycles. The highest BCUT2D eigenvalue weighted by Crippen LogP contribution is 2.27. The topological polar surface area (TPSA) is 29.5 Å². The van der Waals surface area contributed by atoms with Gasteiger partial charge in [-0.3, -0.25) is 0 Å². The third-order valence-corrected chi connectivity index (χ3v) is 3.39. The molecule has 0 unspecified atom stereocenters. The van der Waals surface area contributed by atoms with Gasteiger partial charge in [-0.2, -0.15) is 0 Å². The number of ether oxygens (including phenoxy) is 1. The SMILES string of the molecule is OCC#Cc1ccc(COc2ccc(Cl)c(Cl)c2)c(F)c1. The Kier molecular flexibility index (Phi) is 5.46. The molecule has 1 N–H and O–H groups in total. The molecule has 0 saturated heterocycles. The quantitative estimate of drug-likeness (QED) is 0.863. The largest absolute Gasteiger partial charge is 0.489 e. The van der Waals surface area contributed by atoms with Crippen molar-refractivity contribution >= 4 is 23.2 Å². The van der Waals surface area contributed by atoms with Crippen LogP contribution in [0.2, 0.25) is 10.0 Å². The normalized spacial score (nSPS) is 9.90. The third-order valence-electron chi connectivity index (χ3n) is 2.65. The van der Waals surface area contributed by atoms with Gasteiger partial charge in [0, 0.05) is 17.2 Å². The summed E-state index contributed by atoms with van der Waals surface area (Å²) in [5.74, 6) is 5.19. The zero-order valence-corrected chi connectivity index (χ0v) is 12.4. The smallest absolute Gasteiger partial charge is 0.131 e. The second kappa shape index (κ2) is 7.33. The Labute approximate surface area is 132 Å². The summed E-state index contributed by atoms with van der Waals surface area (Å²) in [4.78, 5) is 0. The highest BCUT2D eigenvalue weighted by Gasteiger charge is 2.05. The predicted octanol–water partition coefficient (Wildman–Crippen LogP) is 4.06. The average Bonchev–Trinajstić information content (AvgIpc) is 2.47. The molecule has 0 spiro atoms. The molecule has 108 valence electrons. The summed E-state index contributed by atoms with van der Waals surface area (Å²) in [6.45, 7) is -0.193. The number of halogens is 3. The van der Waals surface area contributed by atoms with E-state index in [-0.39, 0.29) is 13.2 Å². The summed E-state index contributed by atoms with van der Waals surface area (Å²) in [7, 11) is 0. The van der Waals surface area contributed by atoms with Crippen LogP contribution in [0, 0.1) is 17.7 Å². The highest BCUT2D eigenvalue weighted by atomic mass is 35.5. The van der Waals surface area contributed by atoms with E-state index in [1.807, 2.05) is 0 Å². The Morgan fingerprint density at radius 1 is 1.10 bits per heavy atom. The lowest BCUT2D eigenvalue weighted by Gasteiger charge is -2.08. The lowest BCUT2D eigenvalue weighted by molar-refractivity contribution is 0.300. The third kappa shape index (κ3) is 4.37. The fourth-order valence-corrected chi connectivity index (χ4v) is 1.90. The van der Waals surface area contributed by atoms with Crippen LogP contribution < -0.4 is 4.74 Å². The molecule has 2 rings (SSSR count). The average molecular weight is 325 g/mol. The maximum Gasteiger partial charge on any atom is 0.131 e. The molecule has 2 aromatic carbocycles. The van der Waals surface area contributed by atoms with Crippen LogP contribution in [0.5, 0.6) is 5.75 Å². The van der Waals surface area contributed by atoms with Gasteiger partial charge in [-0.05, 0) is 24.3 Å². The van der Waals surface area contributed by atoms with Crippen molar-refractivity contribution in [2.24, 2.45) is 0 Å². The molecular weight excluding hydrogens is 314 g/mol. The van der Waals surface area contributed by atoms with Crippen LogP contribution >= 0.6 is 23.2 Å². The number of benzene rings is 2. The van der Waals surface area contributed by atoms with E-state index >= 15 is 0 Å². The first kappa shape index (κ1) is 15.7. The minimum Gasteiger partial charge on any atom is -0.489 e. The Morgan fingerprint density at radius 2 is 1.90 bits per heavy atom. The van der Waals surface area contributed by atoms with Gasteiger partial charge in [-0.1, -0.05) is 41.1 Å². The van der Waals surface area contributed by atoms with Crippen LogP contribution in [0.15, 0.2) is 36.4 Å². The zero-order valence-electron chi connectivity index (χ0n) is 10.9. The van der Waals surface area contributed by atoms with E-state index in [1.54, 1.807) is 30.3 Å². The summed E-state index contributed by atoms with van der Waals surface area (Å²) in [6.07, 6.45) is 0.